The second kappa shape index (κ2) is 7.74. The summed E-state index contributed by atoms with van der Waals surface area (Å²) in [4.78, 5) is 23.0. The van der Waals surface area contributed by atoms with Gasteiger partial charge in [0.25, 0.3) is 5.91 Å². The fourth-order valence-corrected chi connectivity index (χ4v) is 1.91. The predicted octanol–water partition coefficient (Wildman–Crippen LogP) is 2.42. The SMILES string of the molecule is COc1ccccc1C(=O)N/N=C\c1ccc(NC(C)=O)cc1. The maximum absolute atomic E-state index is 12.0. The number of carbonyl (C=O) groups is 2. The van der Waals surface area contributed by atoms with E-state index in [-0.39, 0.29) is 11.8 Å². The molecule has 0 bridgehead atoms. The third kappa shape index (κ3) is 4.67. The fraction of sp³-hybridized carbons (Fsp3) is 0.118. The van der Waals surface area contributed by atoms with Crippen molar-refractivity contribution >= 4 is 23.7 Å². The van der Waals surface area contributed by atoms with Crippen molar-refractivity contribution in [2.24, 2.45) is 5.10 Å². The lowest BCUT2D eigenvalue weighted by Gasteiger charge is -2.06. The van der Waals surface area contributed by atoms with Crippen molar-refractivity contribution in [1.82, 2.24) is 5.43 Å². The topological polar surface area (TPSA) is 79.8 Å². The van der Waals surface area contributed by atoms with Crippen molar-refractivity contribution in [1.29, 1.82) is 0 Å². The van der Waals surface area contributed by atoms with Gasteiger partial charge >= 0.3 is 0 Å². The number of methoxy groups -OCH3 is 1. The molecule has 0 aliphatic carbocycles. The summed E-state index contributed by atoms with van der Waals surface area (Å²) in [5, 5.41) is 6.59. The predicted molar refractivity (Wildman–Crippen MR) is 88.8 cm³/mol. The maximum Gasteiger partial charge on any atom is 0.275 e. The molecule has 2 rings (SSSR count). The van der Waals surface area contributed by atoms with E-state index in [9.17, 15) is 9.59 Å². The third-order valence-electron chi connectivity index (χ3n) is 2.96. The molecule has 0 saturated carbocycles. The number of para-hydroxylation sites is 1. The van der Waals surface area contributed by atoms with Crippen LogP contribution in [0.2, 0.25) is 0 Å². The zero-order valence-corrected chi connectivity index (χ0v) is 12.9. The van der Waals surface area contributed by atoms with Crippen LogP contribution in [0, 0.1) is 0 Å². The molecule has 2 amide bonds. The van der Waals surface area contributed by atoms with Crippen molar-refractivity contribution in [3.63, 3.8) is 0 Å². The van der Waals surface area contributed by atoms with Gasteiger partial charge in [-0.05, 0) is 29.8 Å². The van der Waals surface area contributed by atoms with Crippen LogP contribution in [0.3, 0.4) is 0 Å². The average Bonchev–Trinajstić information content (AvgIpc) is 2.55. The maximum atomic E-state index is 12.0. The van der Waals surface area contributed by atoms with Crippen LogP contribution in [-0.2, 0) is 4.79 Å². The molecule has 0 unspecified atom stereocenters. The highest BCUT2D eigenvalue weighted by molar-refractivity contribution is 5.97. The number of benzene rings is 2. The van der Waals surface area contributed by atoms with Crippen molar-refractivity contribution in [2.45, 2.75) is 6.92 Å². The van der Waals surface area contributed by atoms with Crippen molar-refractivity contribution in [3.05, 3.63) is 59.7 Å². The van der Waals surface area contributed by atoms with E-state index in [1.165, 1.54) is 20.2 Å². The van der Waals surface area contributed by atoms with Crippen LogP contribution >= 0.6 is 0 Å². The lowest BCUT2D eigenvalue weighted by atomic mass is 10.2. The number of ether oxygens (including phenoxy) is 1. The molecule has 0 spiro atoms. The summed E-state index contributed by atoms with van der Waals surface area (Å²) < 4.78 is 5.13. The number of hydrazone groups is 1. The van der Waals surface area contributed by atoms with Gasteiger partial charge in [-0.3, -0.25) is 9.59 Å². The number of hydrogen-bond donors (Lipinski definition) is 2. The molecule has 0 atom stereocenters. The summed E-state index contributed by atoms with van der Waals surface area (Å²) in [5.74, 6) is 0.00363. The minimum Gasteiger partial charge on any atom is -0.496 e. The zero-order chi connectivity index (χ0) is 16.7. The smallest absolute Gasteiger partial charge is 0.275 e. The van der Waals surface area contributed by atoms with Gasteiger partial charge in [-0.1, -0.05) is 24.3 Å². The first-order valence-electron chi connectivity index (χ1n) is 6.94. The van der Waals surface area contributed by atoms with Crippen LogP contribution in [0.1, 0.15) is 22.8 Å². The van der Waals surface area contributed by atoms with E-state index in [4.69, 9.17) is 4.74 Å². The number of nitrogens with one attached hydrogen (secondary N) is 2. The van der Waals surface area contributed by atoms with E-state index in [1.807, 2.05) is 0 Å². The Kier molecular flexibility index (Phi) is 5.46. The first kappa shape index (κ1) is 16.2. The Morgan fingerprint density at radius 3 is 2.43 bits per heavy atom. The van der Waals surface area contributed by atoms with Crippen LogP contribution in [0.5, 0.6) is 5.75 Å². The molecule has 0 aliphatic heterocycles. The quantitative estimate of drug-likeness (QED) is 0.657. The summed E-state index contributed by atoms with van der Waals surface area (Å²) in [6, 6.07) is 14.0. The first-order valence-corrected chi connectivity index (χ1v) is 6.94. The van der Waals surface area contributed by atoms with Gasteiger partial charge in [-0.15, -0.1) is 0 Å². The van der Waals surface area contributed by atoms with Crippen LogP contribution < -0.4 is 15.5 Å². The highest BCUT2D eigenvalue weighted by atomic mass is 16.5. The Hall–Kier alpha value is -3.15. The van der Waals surface area contributed by atoms with Crippen LogP contribution in [0.15, 0.2) is 53.6 Å². The number of carbonyl (C=O) groups excluding carboxylic acids is 2. The molecule has 0 radical (unpaired) electrons. The summed E-state index contributed by atoms with van der Waals surface area (Å²) in [6.07, 6.45) is 1.52. The number of anilines is 1. The Bertz CT molecular complexity index is 724. The van der Waals surface area contributed by atoms with E-state index >= 15 is 0 Å². The van der Waals surface area contributed by atoms with E-state index in [2.05, 4.69) is 15.8 Å². The van der Waals surface area contributed by atoms with Gasteiger partial charge in [0, 0.05) is 12.6 Å². The second-order valence-electron chi connectivity index (χ2n) is 4.70. The van der Waals surface area contributed by atoms with Crippen LogP contribution in [-0.4, -0.2) is 25.1 Å². The van der Waals surface area contributed by atoms with Crippen LogP contribution in [0.4, 0.5) is 5.69 Å². The number of amides is 2. The molecule has 6 nitrogen and oxygen atoms in total. The van der Waals surface area contributed by atoms with E-state index in [0.29, 0.717) is 17.0 Å². The lowest BCUT2D eigenvalue weighted by Crippen LogP contribution is -2.18. The lowest BCUT2D eigenvalue weighted by molar-refractivity contribution is -0.114. The largest absolute Gasteiger partial charge is 0.496 e. The molecule has 6 heteroatoms. The Morgan fingerprint density at radius 2 is 1.78 bits per heavy atom. The van der Waals surface area contributed by atoms with Gasteiger partial charge < -0.3 is 10.1 Å². The summed E-state index contributed by atoms with van der Waals surface area (Å²) in [6.45, 7) is 1.45. The second-order valence-corrected chi connectivity index (χ2v) is 4.70. The van der Waals surface area contributed by atoms with Gasteiger partial charge in [-0.2, -0.15) is 5.10 Å². The highest BCUT2D eigenvalue weighted by Crippen LogP contribution is 2.16. The van der Waals surface area contributed by atoms with Crippen LogP contribution in [0.25, 0.3) is 0 Å². The summed E-state index contributed by atoms with van der Waals surface area (Å²) in [7, 11) is 1.51. The number of rotatable bonds is 5. The molecule has 2 N–H and O–H groups in total. The molecule has 23 heavy (non-hydrogen) atoms. The Balaban J connectivity index is 1.98. The third-order valence-corrected chi connectivity index (χ3v) is 2.96. The van der Waals surface area contributed by atoms with E-state index < -0.39 is 0 Å². The van der Waals surface area contributed by atoms with E-state index in [0.717, 1.165) is 5.56 Å². The molecular formula is C17H17N3O3. The normalized spacial score (nSPS) is 10.3. The minimum absolute atomic E-state index is 0.129. The standard InChI is InChI=1S/C17H17N3O3/c1-12(21)19-14-9-7-13(8-10-14)11-18-20-17(22)15-5-3-4-6-16(15)23-2/h3-11H,1-2H3,(H,19,21)(H,20,22)/b18-11-. The molecule has 118 valence electrons. The Morgan fingerprint density at radius 1 is 1.09 bits per heavy atom. The minimum atomic E-state index is -0.353. The molecule has 0 saturated heterocycles. The number of nitrogens with zero attached hydrogens (tertiary/aromatic N) is 1. The van der Waals surface area contributed by atoms with Gasteiger partial charge in [0.1, 0.15) is 5.75 Å². The highest BCUT2D eigenvalue weighted by Gasteiger charge is 2.09. The van der Waals surface area contributed by atoms with Gasteiger partial charge in [0.05, 0.1) is 18.9 Å². The molecule has 0 aliphatic rings. The zero-order valence-electron chi connectivity index (χ0n) is 12.9. The summed E-state index contributed by atoms with van der Waals surface area (Å²) in [5.41, 5.74) is 4.35. The van der Waals surface area contributed by atoms with E-state index in [1.54, 1.807) is 48.5 Å². The summed E-state index contributed by atoms with van der Waals surface area (Å²) >= 11 is 0. The van der Waals surface area contributed by atoms with Gasteiger partial charge in [0.2, 0.25) is 5.91 Å². The average molecular weight is 311 g/mol. The molecule has 2 aromatic carbocycles. The molecule has 2 aromatic rings. The Labute approximate surface area is 134 Å². The fourth-order valence-electron chi connectivity index (χ4n) is 1.91. The van der Waals surface area contributed by atoms with Crippen molar-refractivity contribution in [3.8, 4) is 5.75 Å². The van der Waals surface area contributed by atoms with Gasteiger partial charge in [-0.25, -0.2) is 5.43 Å². The molecule has 0 aromatic heterocycles. The molecule has 0 heterocycles. The molecule has 0 fully saturated rings. The number of hydrogen-bond acceptors (Lipinski definition) is 4. The molecular weight excluding hydrogens is 294 g/mol. The van der Waals surface area contributed by atoms with Crippen molar-refractivity contribution < 1.29 is 14.3 Å². The monoisotopic (exact) mass is 311 g/mol. The van der Waals surface area contributed by atoms with Crippen molar-refractivity contribution in [2.75, 3.05) is 12.4 Å². The first-order chi connectivity index (χ1) is 11.1. The van der Waals surface area contributed by atoms with Gasteiger partial charge in [0.15, 0.2) is 0 Å².